The minimum atomic E-state index is 0.304. The van der Waals surface area contributed by atoms with Crippen LogP contribution in [0.25, 0.3) is 0 Å². The van der Waals surface area contributed by atoms with Crippen molar-refractivity contribution in [2.45, 2.75) is 39.2 Å². The van der Waals surface area contributed by atoms with Gasteiger partial charge in [0.1, 0.15) is 0 Å². The molecule has 6 nitrogen and oxygen atoms in total. The van der Waals surface area contributed by atoms with Gasteiger partial charge in [0.2, 0.25) is 11.9 Å². The second-order valence-electron chi connectivity index (χ2n) is 5.36. The minimum Gasteiger partial charge on any atom is -0.354 e. The van der Waals surface area contributed by atoms with Crippen LogP contribution in [0.4, 0.5) is 5.95 Å². The Labute approximate surface area is 126 Å². The molecule has 0 atom stereocenters. The SMILES string of the molecule is CCCNc1ncc(CNCCCN2CCCC2=O)cn1. The van der Waals surface area contributed by atoms with E-state index in [1.54, 1.807) is 0 Å². The quantitative estimate of drug-likeness (QED) is 0.673. The lowest BCUT2D eigenvalue weighted by atomic mass is 10.3. The Morgan fingerprint density at radius 3 is 2.76 bits per heavy atom. The molecule has 21 heavy (non-hydrogen) atoms. The first-order chi connectivity index (χ1) is 10.3. The largest absolute Gasteiger partial charge is 0.354 e. The second-order valence-corrected chi connectivity index (χ2v) is 5.36. The standard InChI is InChI=1S/C15H25N5O/c1-2-6-17-15-18-11-13(12-19-15)10-16-7-4-9-20-8-3-5-14(20)21/h11-12,16H,2-10H2,1H3,(H,17,18,19). The second kappa shape index (κ2) is 8.56. The van der Waals surface area contributed by atoms with Gasteiger partial charge in [-0.1, -0.05) is 6.92 Å². The monoisotopic (exact) mass is 291 g/mol. The van der Waals surface area contributed by atoms with Crippen LogP contribution >= 0.6 is 0 Å². The van der Waals surface area contributed by atoms with E-state index in [2.05, 4.69) is 27.5 Å². The molecular formula is C15H25N5O. The van der Waals surface area contributed by atoms with Crippen LogP contribution in [0.15, 0.2) is 12.4 Å². The van der Waals surface area contributed by atoms with Gasteiger partial charge in [0, 0.05) is 50.6 Å². The molecule has 0 radical (unpaired) electrons. The van der Waals surface area contributed by atoms with E-state index >= 15 is 0 Å². The normalized spacial score (nSPS) is 14.7. The van der Waals surface area contributed by atoms with Crippen LogP contribution < -0.4 is 10.6 Å². The molecule has 2 rings (SSSR count). The fourth-order valence-corrected chi connectivity index (χ4v) is 2.34. The molecule has 1 aromatic heterocycles. The first kappa shape index (κ1) is 15.7. The number of nitrogens with one attached hydrogen (secondary N) is 2. The number of carbonyl (C=O) groups excluding carboxylic acids is 1. The molecule has 2 N–H and O–H groups in total. The van der Waals surface area contributed by atoms with Crippen LogP contribution in [0.1, 0.15) is 38.2 Å². The summed E-state index contributed by atoms with van der Waals surface area (Å²) in [5, 5.41) is 6.52. The summed E-state index contributed by atoms with van der Waals surface area (Å²) in [6, 6.07) is 0. The van der Waals surface area contributed by atoms with Crippen LogP contribution in [0, 0.1) is 0 Å². The summed E-state index contributed by atoms with van der Waals surface area (Å²) in [4.78, 5) is 22.0. The third-order valence-electron chi connectivity index (χ3n) is 3.52. The molecule has 1 aliphatic rings. The summed E-state index contributed by atoms with van der Waals surface area (Å²) >= 11 is 0. The third kappa shape index (κ3) is 5.30. The van der Waals surface area contributed by atoms with E-state index in [4.69, 9.17) is 0 Å². The Morgan fingerprint density at radius 1 is 1.29 bits per heavy atom. The summed E-state index contributed by atoms with van der Waals surface area (Å²) < 4.78 is 0. The van der Waals surface area contributed by atoms with E-state index < -0.39 is 0 Å². The van der Waals surface area contributed by atoms with Crippen LogP contribution in [0.5, 0.6) is 0 Å². The summed E-state index contributed by atoms with van der Waals surface area (Å²) in [7, 11) is 0. The number of rotatable bonds is 9. The van der Waals surface area contributed by atoms with Gasteiger partial charge in [-0.05, 0) is 25.8 Å². The van der Waals surface area contributed by atoms with Crippen LogP contribution in [-0.2, 0) is 11.3 Å². The van der Waals surface area contributed by atoms with Gasteiger partial charge in [-0.2, -0.15) is 0 Å². The van der Waals surface area contributed by atoms with Gasteiger partial charge >= 0.3 is 0 Å². The van der Waals surface area contributed by atoms with Crippen LogP contribution in [-0.4, -0.2) is 47.0 Å². The van der Waals surface area contributed by atoms with Crippen molar-refractivity contribution in [3.05, 3.63) is 18.0 Å². The Kier molecular flexibility index (Phi) is 6.40. The van der Waals surface area contributed by atoms with Crippen molar-refractivity contribution in [2.75, 3.05) is 31.5 Å². The first-order valence-electron chi connectivity index (χ1n) is 7.83. The van der Waals surface area contributed by atoms with E-state index in [1.807, 2.05) is 17.3 Å². The molecule has 116 valence electrons. The van der Waals surface area contributed by atoms with Crippen molar-refractivity contribution in [3.8, 4) is 0 Å². The number of hydrogen-bond acceptors (Lipinski definition) is 5. The van der Waals surface area contributed by atoms with Gasteiger partial charge in [-0.15, -0.1) is 0 Å². The Balaban J connectivity index is 1.59. The maximum Gasteiger partial charge on any atom is 0.222 e. The number of aromatic nitrogens is 2. The Morgan fingerprint density at radius 2 is 2.10 bits per heavy atom. The van der Waals surface area contributed by atoms with Gasteiger partial charge in [0.05, 0.1) is 0 Å². The zero-order valence-corrected chi connectivity index (χ0v) is 12.8. The van der Waals surface area contributed by atoms with Crippen molar-refractivity contribution >= 4 is 11.9 Å². The van der Waals surface area contributed by atoms with Gasteiger partial charge in [-0.25, -0.2) is 9.97 Å². The van der Waals surface area contributed by atoms with E-state index in [0.717, 1.165) is 64.0 Å². The molecule has 0 spiro atoms. The summed E-state index contributed by atoms with van der Waals surface area (Å²) in [5.41, 5.74) is 1.08. The molecule has 0 unspecified atom stereocenters. The molecule has 1 amide bonds. The minimum absolute atomic E-state index is 0.304. The number of anilines is 1. The van der Waals surface area contributed by atoms with Crippen molar-refractivity contribution in [1.29, 1.82) is 0 Å². The fourth-order valence-electron chi connectivity index (χ4n) is 2.34. The molecule has 1 saturated heterocycles. The Hall–Kier alpha value is -1.69. The molecule has 2 heterocycles. The average Bonchev–Trinajstić information content (AvgIpc) is 2.91. The number of amides is 1. The lowest BCUT2D eigenvalue weighted by molar-refractivity contribution is -0.127. The summed E-state index contributed by atoms with van der Waals surface area (Å²) in [5.74, 6) is 0.992. The van der Waals surface area contributed by atoms with E-state index in [-0.39, 0.29) is 0 Å². The van der Waals surface area contributed by atoms with Gasteiger partial charge in [-0.3, -0.25) is 4.79 Å². The fraction of sp³-hybridized carbons (Fsp3) is 0.667. The smallest absolute Gasteiger partial charge is 0.222 e. The van der Waals surface area contributed by atoms with Gasteiger partial charge in [0.25, 0.3) is 0 Å². The highest BCUT2D eigenvalue weighted by Gasteiger charge is 2.18. The van der Waals surface area contributed by atoms with E-state index in [0.29, 0.717) is 11.9 Å². The van der Waals surface area contributed by atoms with E-state index in [1.165, 1.54) is 0 Å². The lowest BCUT2D eigenvalue weighted by Crippen LogP contribution is -2.28. The molecular weight excluding hydrogens is 266 g/mol. The zero-order valence-electron chi connectivity index (χ0n) is 12.8. The van der Waals surface area contributed by atoms with Gasteiger partial charge < -0.3 is 15.5 Å². The predicted molar refractivity (Wildman–Crippen MR) is 83.0 cm³/mol. The molecule has 0 aliphatic carbocycles. The maximum absolute atomic E-state index is 11.4. The molecule has 1 aliphatic heterocycles. The summed E-state index contributed by atoms with van der Waals surface area (Å²) in [6.45, 7) is 6.47. The number of nitrogens with zero attached hydrogens (tertiary/aromatic N) is 3. The Bertz CT molecular complexity index is 434. The number of likely N-dealkylation sites (tertiary alicyclic amines) is 1. The van der Waals surface area contributed by atoms with Crippen molar-refractivity contribution in [1.82, 2.24) is 20.2 Å². The maximum atomic E-state index is 11.4. The van der Waals surface area contributed by atoms with Crippen molar-refractivity contribution in [3.63, 3.8) is 0 Å². The van der Waals surface area contributed by atoms with Crippen LogP contribution in [0.2, 0.25) is 0 Å². The highest BCUT2D eigenvalue weighted by Crippen LogP contribution is 2.09. The van der Waals surface area contributed by atoms with E-state index in [9.17, 15) is 4.79 Å². The zero-order chi connectivity index (χ0) is 14.9. The van der Waals surface area contributed by atoms with Gasteiger partial charge in [0.15, 0.2) is 0 Å². The van der Waals surface area contributed by atoms with Crippen molar-refractivity contribution < 1.29 is 4.79 Å². The third-order valence-corrected chi connectivity index (χ3v) is 3.52. The molecule has 1 aromatic rings. The topological polar surface area (TPSA) is 70.2 Å². The molecule has 0 saturated carbocycles. The predicted octanol–water partition coefficient (Wildman–Crippen LogP) is 1.40. The highest BCUT2D eigenvalue weighted by atomic mass is 16.2. The van der Waals surface area contributed by atoms with Crippen molar-refractivity contribution in [2.24, 2.45) is 0 Å². The summed E-state index contributed by atoms with van der Waals surface area (Å²) in [6.07, 6.45) is 7.49. The van der Waals surface area contributed by atoms with Crippen LogP contribution in [0.3, 0.4) is 0 Å². The number of carbonyl (C=O) groups is 1. The molecule has 0 aromatic carbocycles. The first-order valence-corrected chi connectivity index (χ1v) is 7.83. The highest BCUT2D eigenvalue weighted by molar-refractivity contribution is 5.77. The lowest BCUT2D eigenvalue weighted by Gasteiger charge is -2.15. The number of hydrogen-bond donors (Lipinski definition) is 2. The molecule has 1 fully saturated rings. The average molecular weight is 291 g/mol. The molecule has 6 heteroatoms. The molecule has 0 bridgehead atoms.